The van der Waals surface area contributed by atoms with E-state index in [0.29, 0.717) is 11.1 Å². The second-order valence-corrected chi connectivity index (χ2v) is 10.0. The van der Waals surface area contributed by atoms with Crippen LogP contribution in [0.5, 0.6) is 0 Å². The summed E-state index contributed by atoms with van der Waals surface area (Å²) >= 11 is 1.30. The normalized spacial score (nSPS) is 18.8. The van der Waals surface area contributed by atoms with Crippen molar-refractivity contribution in [2.45, 2.75) is 17.5 Å². The van der Waals surface area contributed by atoms with Gasteiger partial charge in [-0.2, -0.15) is 0 Å². The van der Waals surface area contributed by atoms with E-state index >= 15 is 0 Å². The van der Waals surface area contributed by atoms with Crippen molar-refractivity contribution in [3.63, 3.8) is 0 Å². The van der Waals surface area contributed by atoms with Gasteiger partial charge in [-0.05, 0) is 46.5 Å². The zero-order valence-electron chi connectivity index (χ0n) is 20.0. The SMILES string of the molecule is O=C(OC[C@H]1SC[C@@H](F)C1OC(=O)c1ccc(-c2ccccc2)cc1)c1ccc(-c2ccccc2)cc1. The Morgan fingerprint density at radius 2 is 1.14 bits per heavy atom. The van der Waals surface area contributed by atoms with Gasteiger partial charge in [0.1, 0.15) is 18.9 Å². The Balaban J connectivity index is 1.18. The van der Waals surface area contributed by atoms with Crippen LogP contribution < -0.4 is 0 Å². The van der Waals surface area contributed by atoms with E-state index in [1.54, 1.807) is 24.3 Å². The largest absolute Gasteiger partial charge is 0.461 e. The predicted octanol–water partition coefficient (Wildman–Crippen LogP) is 6.86. The molecule has 1 heterocycles. The van der Waals surface area contributed by atoms with Crippen LogP contribution in [-0.4, -0.2) is 41.8 Å². The van der Waals surface area contributed by atoms with Gasteiger partial charge in [0.2, 0.25) is 0 Å². The van der Waals surface area contributed by atoms with Crippen LogP contribution in [0.25, 0.3) is 22.3 Å². The fourth-order valence-corrected chi connectivity index (χ4v) is 5.42. The lowest BCUT2D eigenvalue weighted by atomic mass is 10.0. The van der Waals surface area contributed by atoms with Gasteiger partial charge < -0.3 is 9.47 Å². The molecule has 0 spiro atoms. The predicted molar refractivity (Wildman–Crippen MR) is 144 cm³/mol. The van der Waals surface area contributed by atoms with Crippen molar-refractivity contribution < 1.29 is 23.5 Å². The monoisotopic (exact) mass is 512 g/mol. The van der Waals surface area contributed by atoms with Crippen molar-refractivity contribution in [3.05, 3.63) is 120 Å². The molecule has 0 aromatic heterocycles. The second kappa shape index (κ2) is 11.4. The molecule has 1 saturated heterocycles. The topological polar surface area (TPSA) is 52.6 Å². The van der Waals surface area contributed by atoms with E-state index in [-0.39, 0.29) is 12.4 Å². The lowest BCUT2D eigenvalue weighted by Gasteiger charge is -2.20. The summed E-state index contributed by atoms with van der Waals surface area (Å²) in [5.74, 6) is -0.912. The van der Waals surface area contributed by atoms with Gasteiger partial charge in [0.15, 0.2) is 0 Å². The Labute approximate surface area is 219 Å². The minimum Gasteiger partial charge on any atom is -0.461 e. The van der Waals surface area contributed by atoms with Gasteiger partial charge in [-0.1, -0.05) is 84.9 Å². The number of halogens is 1. The van der Waals surface area contributed by atoms with Crippen molar-refractivity contribution in [2.75, 3.05) is 12.4 Å². The first-order valence-corrected chi connectivity index (χ1v) is 13.1. The lowest BCUT2D eigenvalue weighted by Crippen LogP contribution is -2.35. The summed E-state index contributed by atoms with van der Waals surface area (Å²) in [5.41, 5.74) is 4.81. The van der Waals surface area contributed by atoms with Gasteiger partial charge in [-0.3, -0.25) is 0 Å². The number of carbonyl (C=O) groups is 2. The molecule has 37 heavy (non-hydrogen) atoms. The lowest BCUT2D eigenvalue weighted by molar-refractivity contribution is 0.00476. The van der Waals surface area contributed by atoms with Crippen LogP contribution in [0.1, 0.15) is 20.7 Å². The average Bonchev–Trinajstić information content (AvgIpc) is 3.31. The standard InChI is InChI=1S/C31H25FO4S/c32-27-20-37-28(19-35-30(33)25-15-11-23(12-16-25)21-7-3-1-4-8-21)29(27)36-31(34)26-17-13-24(14-18-26)22-9-5-2-6-10-22/h1-18,27-29H,19-20H2/t27-,28-,29?/m1/s1. The van der Waals surface area contributed by atoms with Crippen LogP contribution in [0, 0.1) is 0 Å². The minimum absolute atomic E-state index is 0.0464. The molecule has 0 N–H and O–H groups in total. The Kier molecular flexibility index (Phi) is 7.66. The van der Waals surface area contributed by atoms with Crippen molar-refractivity contribution in [1.29, 1.82) is 0 Å². The van der Waals surface area contributed by atoms with Gasteiger partial charge in [-0.15, -0.1) is 11.8 Å². The van der Waals surface area contributed by atoms with E-state index in [9.17, 15) is 14.0 Å². The molecule has 4 nitrogen and oxygen atoms in total. The molecule has 0 bridgehead atoms. The zero-order valence-corrected chi connectivity index (χ0v) is 20.8. The van der Waals surface area contributed by atoms with Crippen molar-refractivity contribution >= 4 is 23.7 Å². The molecule has 1 aliphatic rings. The molecule has 6 heteroatoms. The second-order valence-electron chi connectivity index (χ2n) is 8.74. The fraction of sp³-hybridized carbons (Fsp3) is 0.161. The molecule has 4 aromatic rings. The number of ether oxygens (including phenoxy) is 2. The molecule has 0 amide bonds. The van der Waals surface area contributed by atoms with Crippen molar-refractivity contribution in [3.8, 4) is 22.3 Å². The Morgan fingerprint density at radius 3 is 1.65 bits per heavy atom. The summed E-state index contributed by atoms with van der Waals surface area (Å²) in [7, 11) is 0. The molecular weight excluding hydrogens is 487 g/mol. The maximum Gasteiger partial charge on any atom is 0.338 e. The molecule has 4 aromatic carbocycles. The van der Waals surface area contributed by atoms with Crippen molar-refractivity contribution in [2.24, 2.45) is 0 Å². The molecule has 0 radical (unpaired) electrons. The summed E-state index contributed by atoms with van der Waals surface area (Å²) in [6, 6.07) is 33.8. The number of rotatable bonds is 7. The summed E-state index contributed by atoms with van der Waals surface area (Å²) in [6.07, 6.45) is -2.31. The van der Waals surface area contributed by atoms with E-state index in [1.807, 2.05) is 84.9 Å². The molecule has 1 fully saturated rings. The average molecular weight is 513 g/mol. The third-order valence-electron chi connectivity index (χ3n) is 6.27. The van der Waals surface area contributed by atoms with Crippen LogP contribution in [0.2, 0.25) is 0 Å². The smallest absolute Gasteiger partial charge is 0.338 e. The van der Waals surface area contributed by atoms with Crippen LogP contribution in [0.4, 0.5) is 4.39 Å². The van der Waals surface area contributed by atoms with E-state index in [0.717, 1.165) is 22.3 Å². The van der Waals surface area contributed by atoms with E-state index in [1.165, 1.54) is 11.8 Å². The summed E-state index contributed by atoms with van der Waals surface area (Å²) in [4.78, 5) is 25.3. The molecule has 0 aliphatic carbocycles. The van der Waals surface area contributed by atoms with Gasteiger partial charge >= 0.3 is 11.9 Å². The third-order valence-corrected chi connectivity index (χ3v) is 7.61. The minimum atomic E-state index is -1.33. The Hall–Kier alpha value is -3.90. The Morgan fingerprint density at radius 1 is 0.676 bits per heavy atom. The van der Waals surface area contributed by atoms with Gasteiger partial charge in [0.05, 0.1) is 16.4 Å². The highest BCUT2D eigenvalue weighted by Crippen LogP contribution is 2.33. The Bertz CT molecular complexity index is 1340. The number of alkyl halides is 1. The third kappa shape index (κ3) is 5.92. The molecule has 5 rings (SSSR count). The van der Waals surface area contributed by atoms with E-state index in [4.69, 9.17) is 9.47 Å². The highest BCUT2D eigenvalue weighted by Gasteiger charge is 2.41. The first-order valence-electron chi connectivity index (χ1n) is 12.0. The first kappa shape index (κ1) is 24.8. The number of hydrogen-bond donors (Lipinski definition) is 0. The quantitative estimate of drug-likeness (QED) is 0.253. The van der Waals surface area contributed by atoms with Gasteiger partial charge in [0, 0.05) is 5.75 Å². The molecule has 1 aliphatic heterocycles. The number of hydrogen-bond acceptors (Lipinski definition) is 5. The van der Waals surface area contributed by atoms with Crippen molar-refractivity contribution in [1.82, 2.24) is 0 Å². The van der Waals surface area contributed by atoms with E-state index < -0.39 is 29.5 Å². The van der Waals surface area contributed by atoms with Gasteiger partial charge in [0.25, 0.3) is 0 Å². The van der Waals surface area contributed by atoms with Gasteiger partial charge in [-0.25, -0.2) is 14.0 Å². The highest BCUT2D eigenvalue weighted by atomic mass is 32.2. The summed E-state index contributed by atoms with van der Waals surface area (Å²) in [6.45, 7) is -0.0464. The highest BCUT2D eigenvalue weighted by molar-refractivity contribution is 8.00. The summed E-state index contributed by atoms with van der Waals surface area (Å²) in [5, 5.41) is -0.477. The fourth-order valence-electron chi connectivity index (χ4n) is 4.22. The molecule has 186 valence electrons. The number of thioether (sulfide) groups is 1. The maximum absolute atomic E-state index is 14.6. The maximum atomic E-state index is 14.6. The zero-order chi connectivity index (χ0) is 25.6. The van der Waals surface area contributed by atoms with Crippen LogP contribution in [0.15, 0.2) is 109 Å². The van der Waals surface area contributed by atoms with E-state index in [2.05, 4.69) is 0 Å². The molecule has 1 unspecified atom stereocenters. The number of benzene rings is 4. The summed E-state index contributed by atoms with van der Waals surface area (Å²) < 4.78 is 25.6. The first-order chi connectivity index (χ1) is 18.1. The molecular formula is C31H25FO4S. The van der Waals surface area contributed by atoms with Crippen LogP contribution >= 0.6 is 11.8 Å². The van der Waals surface area contributed by atoms with Crippen LogP contribution in [0.3, 0.4) is 0 Å². The van der Waals surface area contributed by atoms with Crippen LogP contribution in [-0.2, 0) is 9.47 Å². The number of carbonyl (C=O) groups excluding carboxylic acids is 2. The molecule has 3 atom stereocenters. The molecule has 0 saturated carbocycles. The number of esters is 2.